The van der Waals surface area contributed by atoms with Gasteiger partial charge in [-0.1, -0.05) is 0 Å². The summed E-state index contributed by atoms with van der Waals surface area (Å²) in [4.78, 5) is 0. The monoisotopic (exact) mass is 151 g/mol. The summed E-state index contributed by atoms with van der Waals surface area (Å²) in [6.07, 6.45) is 0.273. The van der Waals surface area contributed by atoms with Crippen LogP contribution in [-0.4, -0.2) is 6.10 Å². The molecule has 0 saturated carbocycles. The van der Waals surface area contributed by atoms with Crippen LogP contribution in [0, 0.1) is 0 Å². The molecule has 0 aliphatic carbocycles. The van der Waals surface area contributed by atoms with Gasteiger partial charge < -0.3 is 0 Å². The minimum Gasteiger partial charge on any atom is -0.147 e. The maximum absolute atomic E-state index is 4.50. The normalized spacial score (nSPS) is 8.00. The molecule has 0 aliphatic heterocycles. The van der Waals surface area contributed by atoms with Crippen molar-refractivity contribution in [2.45, 2.75) is 20.0 Å². The standard InChI is InChI=1S/C3H7O.ClH.Fe/c1-3(2)4;;/h3H,1-2H3;1H;/q-1;;+1. The van der Waals surface area contributed by atoms with E-state index in [1.165, 1.54) is 0 Å². The Labute approximate surface area is 53.0 Å². The van der Waals surface area contributed by atoms with Crippen molar-refractivity contribution >= 4 is 12.4 Å². The first-order chi connectivity index (χ1) is 2.27. The van der Waals surface area contributed by atoms with Crippen molar-refractivity contribution < 1.29 is 20.2 Å². The zero-order valence-electron chi connectivity index (χ0n) is 3.75. The SMILES string of the molecule is CC(C)[O][Fe].Cl. The molecule has 0 radical (unpaired) electrons. The van der Waals surface area contributed by atoms with Crippen molar-refractivity contribution in [2.24, 2.45) is 0 Å². The largest absolute Gasteiger partial charge is 0.147 e. The van der Waals surface area contributed by atoms with Crippen LogP contribution in [-0.2, 0) is 20.2 Å². The first-order valence-corrected chi connectivity index (χ1v) is 1.99. The summed E-state index contributed by atoms with van der Waals surface area (Å²) in [5.41, 5.74) is 0. The minimum atomic E-state index is 0. The van der Waals surface area contributed by atoms with E-state index in [-0.39, 0.29) is 18.5 Å². The van der Waals surface area contributed by atoms with E-state index in [0.29, 0.717) is 0 Å². The van der Waals surface area contributed by atoms with Crippen LogP contribution in [0.25, 0.3) is 0 Å². The second-order valence-corrected chi connectivity index (χ2v) is 1.39. The quantitative estimate of drug-likeness (QED) is 0.513. The van der Waals surface area contributed by atoms with Crippen LogP contribution in [0.5, 0.6) is 0 Å². The summed E-state index contributed by atoms with van der Waals surface area (Å²) in [6.45, 7) is 3.88. The van der Waals surface area contributed by atoms with Gasteiger partial charge in [-0.15, -0.1) is 12.4 Å². The molecular formula is C3H8ClFeO. The molecule has 1 nitrogen and oxygen atoms in total. The van der Waals surface area contributed by atoms with Crippen LogP contribution in [0.3, 0.4) is 0 Å². The summed E-state index contributed by atoms with van der Waals surface area (Å²) < 4.78 is 4.50. The molecule has 3 heteroatoms. The van der Waals surface area contributed by atoms with E-state index in [0.717, 1.165) is 0 Å². The van der Waals surface area contributed by atoms with Gasteiger partial charge in [0.05, 0.1) is 0 Å². The fourth-order valence-corrected chi connectivity index (χ4v) is 0. The fraction of sp³-hybridized carbons (Fsp3) is 1.00. The second-order valence-electron chi connectivity index (χ2n) is 1.13. The predicted molar refractivity (Wildman–Crippen MR) is 23.5 cm³/mol. The molecule has 0 rings (SSSR count). The molecule has 0 saturated heterocycles. The molecule has 0 aromatic carbocycles. The molecule has 0 amide bonds. The molecule has 0 bridgehead atoms. The van der Waals surface area contributed by atoms with Gasteiger partial charge in [0.15, 0.2) is 0 Å². The molecule has 0 aromatic heterocycles. The Morgan fingerprint density at radius 2 is 1.67 bits per heavy atom. The Morgan fingerprint density at radius 3 is 1.67 bits per heavy atom. The summed E-state index contributed by atoms with van der Waals surface area (Å²) >= 11 is 3.19. The van der Waals surface area contributed by atoms with E-state index in [2.05, 4.69) is 20.2 Å². The number of halogens is 1. The van der Waals surface area contributed by atoms with Crippen LogP contribution < -0.4 is 0 Å². The van der Waals surface area contributed by atoms with E-state index >= 15 is 0 Å². The number of hydrogen-bond donors (Lipinski definition) is 0. The van der Waals surface area contributed by atoms with Crippen LogP contribution in [0.4, 0.5) is 0 Å². The third-order valence-corrected chi connectivity index (χ3v) is 0.687. The number of rotatable bonds is 1. The van der Waals surface area contributed by atoms with Gasteiger partial charge in [0.2, 0.25) is 0 Å². The Hall–Kier alpha value is 0.769. The molecule has 0 N–H and O–H groups in total. The van der Waals surface area contributed by atoms with E-state index in [1.54, 1.807) is 0 Å². The van der Waals surface area contributed by atoms with E-state index in [9.17, 15) is 0 Å². The van der Waals surface area contributed by atoms with Gasteiger partial charge in [-0.25, -0.2) is 0 Å². The maximum Gasteiger partial charge on any atom is -0.147 e. The summed E-state index contributed by atoms with van der Waals surface area (Å²) in [6, 6.07) is 0. The third-order valence-electron chi connectivity index (χ3n) is 0.167. The van der Waals surface area contributed by atoms with Crippen molar-refractivity contribution in [1.29, 1.82) is 0 Å². The van der Waals surface area contributed by atoms with Crippen molar-refractivity contribution in [3.63, 3.8) is 0 Å². The smallest absolute Gasteiger partial charge is 0.147 e. The molecule has 41 valence electrons. The zero-order chi connectivity index (χ0) is 4.28. The second kappa shape index (κ2) is 5.77. The van der Waals surface area contributed by atoms with Gasteiger partial charge in [0.1, 0.15) is 0 Å². The zero-order valence-corrected chi connectivity index (χ0v) is 5.67. The summed E-state index contributed by atoms with van der Waals surface area (Å²) in [5, 5.41) is 0. The van der Waals surface area contributed by atoms with Crippen LogP contribution in [0.15, 0.2) is 0 Å². The van der Waals surface area contributed by atoms with Gasteiger partial charge >= 0.3 is 40.1 Å². The van der Waals surface area contributed by atoms with Gasteiger partial charge in [0.25, 0.3) is 0 Å². The Balaban J connectivity index is 0. The Kier molecular flexibility index (Phi) is 9.53. The van der Waals surface area contributed by atoms with Crippen molar-refractivity contribution in [3.05, 3.63) is 0 Å². The van der Waals surface area contributed by atoms with Gasteiger partial charge in [-0.3, -0.25) is 0 Å². The first-order valence-electron chi connectivity index (χ1n) is 1.53. The predicted octanol–water partition coefficient (Wildman–Crippen LogP) is 1.29. The third kappa shape index (κ3) is 8.84. The minimum absolute atomic E-state index is 0. The van der Waals surface area contributed by atoms with Gasteiger partial charge in [-0.2, -0.15) is 0 Å². The van der Waals surface area contributed by atoms with Crippen LogP contribution >= 0.6 is 12.4 Å². The molecule has 0 aliphatic rings. The fourth-order valence-electron chi connectivity index (χ4n) is 0. The maximum atomic E-state index is 4.50. The molecule has 0 spiro atoms. The van der Waals surface area contributed by atoms with E-state index in [4.69, 9.17) is 0 Å². The average molecular weight is 151 g/mol. The van der Waals surface area contributed by atoms with Crippen molar-refractivity contribution in [2.75, 3.05) is 0 Å². The Bertz CT molecular complexity index is 24.8. The molecule has 0 atom stereocenters. The summed E-state index contributed by atoms with van der Waals surface area (Å²) in [7, 11) is 0. The van der Waals surface area contributed by atoms with Crippen molar-refractivity contribution in [1.82, 2.24) is 0 Å². The molecule has 0 fully saturated rings. The van der Waals surface area contributed by atoms with Crippen LogP contribution in [0.1, 0.15) is 13.8 Å². The van der Waals surface area contributed by atoms with E-state index < -0.39 is 0 Å². The first kappa shape index (κ1) is 9.91. The van der Waals surface area contributed by atoms with Gasteiger partial charge in [0, 0.05) is 0 Å². The van der Waals surface area contributed by atoms with Gasteiger partial charge in [-0.05, 0) is 0 Å². The molecule has 6 heavy (non-hydrogen) atoms. The average Bonchev–Trinajstić information content (AvgIpc) is 1.38. The van der Waals surface area contributed by atoms with Crippen molar-refractivity contribution in [3.8, 4) is 0 Å². The summed E-state index contributed by atoms with van der Waals surface area (Å²) in [5.74, 6) is 0. The van der Waals surface area contributed by atoms with Crippen LogP contribution in [0.2, 0.25) is 0 Å². The molecule has 0 unspecified atom stereocenters. The molecule has 0 aromatic rings. The topological polar surface area (TPSA) is 9.23 Å². The molecule has 0 heterocycles. The van der Waals surface area contributed by atoms with E-state index in [1.807, 2.05) is 13.8 Å². The number of hydrogen-bond acceptors (Lipinski definition) is 1. The Morgan fingerprint density at radius 1 is 1.50 bits per heavy atom. The molecular weight excluding hydrogens is 143 g/mol.